The molecule has 2 atom stereocenters. The van der Waals surface area contributed by atoms with Crippen LogP contribution in [0.3, 0.4) is 0 Å². The van der Waals surface area contributed by atoms with E-state index in [1.165, 1.54) is 0 Å². The number of imidazole rings is 1. The Balaban J connectivity index is 1.99. The molecule has 1 aliphatic rings. The molecular weight excluding hydrogens is 214 g/mol. The minimum atomic E-state index is -0.493. The number of hydrogen-bond donors (Lipinski definition) is 1. The van der Waals surface area contributed by atoms with E-state index in [2.05, 4.69) is 21.4 Å². The lowest BCUT2D eigenvalue weighted by Crippen LogP contribution is -2.49. The number of aromatic nitrogens is 2. The molecule has 0 aromatic carbocycles. The quantitative estimate of drug-likeness (QED) is 0.864. The second-order valence-electron chi connectivity index (χ2n) is 5.40. The smallest absolute Gasteiger partial charge is 0.122 e. The molecule has 17 heavy (non-hydrogen) atoms. The number of rotatable bonds is 3. The number of nitrogens with zero attached hydrogens (tertiary/aromatic N) is 3. The highest BCUT2D eigenvalue weighted by Crippen LogP contribution is 2.30. The van der Waals surface area contributed by atoms with Gasteiger partial charge in [-0.05, 0) is 25.7 Å². The molecular formula is C13H23N3O. The van der Waals surface area contributed by atoms with Gasteiger partial charge in [-0.25, -0.2) is 4.98 Å². The second kappa shape index (κ2) is 4.78. The SMILES string of the molecule is CC[C@@H]1CN(Cc2nccn2C)CC[C@]1(C)O. The van der Waals surface area contributed by atoms with Crippen molar-refractivity contribution >= 4 is 0 Å². The number of aryl methyl sites for hydroxylation is 1. The summed E-state index contributed by atoms with van der Waals surface area (Å²) in [5.41, 5.74) is -0.493. The van der Waals surface area contributed by atoms with E-state index in [0.717, 1.165) is 38.3 Å². The molecule has 2 rings (SSSR count). The van der Waals surface area contributed by atoms with Crippen LogP contribution >= 0.6 is 0 Å². The van der Waals surface area contributed by atoms with Gasteiger partial charge in [0.1, 0.15) is 5.82 Å². The molecule has 0 saturated carbocycles. The van der Waals surface area contributed by atoms with Crippen molar-refractivity contribution in [3.63, 3.8) is 0 Å². The number of hydrogen-bond acceptors (Lipinski definition) is 3. The van der Waals surface area contributed by atoms with E-state index in [-0.39, 0.29) is 0 Å². The molecule has 0 amide bonds. The molecule has 0 unspecified atom stereocenters. The van der Waals surface area contributed by atoms with Gasteiger partial charge in [0.05, 0.1) is 12.1 Å². The molecule has 0 aliphatic carbocycles. The van der Waals surface area contributed by atoms with Crippen molar-refractivity contribution in [2.45, 2.75) is 38.8 Å². The van der Waals surface area contributed by atoms with Gasteiger partial charge in [0.2, 0.25) is 0 Å². The number of piperidine rings is 1. The molecule has 4 nitrogen and oxygen atoms in total. The van der Waals surface area contributed by atoms with E-state index in [9.17, 15) is 5.11 Å². The third-order valence-electron chi connectivity index (χ3n) is 4.07. The van der Waals surface area contributed by atoms with Crippen molar-refractivity contribution in [3.8, 4) is 0 Å². The van der Waals surface area contributed by atoms with E-state index in [1.54, 1.807) is 0 Å². The van der Waals surface area contributed by atoms with Gasteiger partial charge in [-0.1, -0.05) is 6.92 Å². The first-order valence-corrected chi connectivity index (χ1v) is 6.44. The van der Waals surface area contributed by atoms with E-state index in [1.807, 2.05) is 26.4 Å². The predicted octanol–water partition coefficient (Wildman–Crippen LogP) is 1.40. The molecule has 1 saturated heterocycles. The minimum Gasteiger partial charge on any atom is -0.390 e. The maximum atomic E-state index is 10.3. The summed E-state index contributed by atoms with van der Waals surface area (Å²) >= 11 is 0. The fourth-order valence-corrected chi connectivity index (χ4v) is 2.65. The van der Waals surface area contributed by atoms with Gasteiger partial charge in [-0.2, -0.15) is 0 Å². The van der Waals surface area contributed by atoms with Crippen LogP contribution in [0.1, 0.15) is 32.5 Å². The summed E-state index contributed by atoms with van der Waals surface area (Å²) in [7, 11) is 2.03. The van der Waals surface area contributed by atoms with Crippen LogP contribution in [0.25, 0.3) is 0 Å². The van der Waals surface area contributed by atoms with Crippen molar-refractivity contribution < 1.29 is 5.11 Å². The van der Waals surface area contributed by atoms with Crippen LogP contribution in [0.15, 0.2) is 12.4 Å². The molecule has 2 heterocycles. The monoisotopic (exact) mass is 237 g/mol. The molecule has 96 valence electrons. The van der Waals surface area contributed by atoms with Gasteiger partial charge in [-0.15, -0.1) is 0 Å². The summed E-state index contributed by atoms with van der Waals surface area (Å²) < 4.78 is 2.06. The van der Waals surface area contributed by atoms with E-state index in [0.29, 0.717) is 5.92 Å². The van der Waals surface area contributed by atoms with Crippen molar-refractivity contribution in [1.29, 1.82) is 0 Å². The van der Waals surface area contributed by atoms with Crippen LogP contribution < -0.4 is 0 Å². The molecule has 4 heteroatoms. The molecule has 1 aliphatic heterocycles. The van der Waals surface area contributed by atoms with Crippen LogP contribution in [0.5, 0.6) is 0 Å². The molecule has 1 fully saturated rings. The summed E-state index contributed by atoms with van der Waals surface area (Å²) in [6.45, 7) is 6.94. The lowest BCUT2D eigenvalue weighted by Gasteiger charge is -2.42. The lowest BCUT2D eigenvalue weighted by atomic mass is 9.81. The fourth-order valence-electron chi connectivity index (χ4n) is 2.65. The largest absolute Gasteiger partial charge is 0.390 e. The van der Waals surface area contributed by atoms with Crippen LogP contribution in [0.2, 0.25) is 0 Å². The second-order valence-corrected chi connectivity index (χ2v) is 5.40. The first-order valence-electron chi connectivity index (χ1n) is 6.44. The zero-order valence-electron chi connectivity index (χ0n) is 11.1. The van der Waals surface area contributed by atoms with E-state index in [4.69, 9.17) is 0 Å². The summed E-state index contributed by atoms with van der Waals surface area (Å²) in [6, 6.07) is 0. The summed E-state index contributed by atoms with van der Waals surface area (Å²) in [5.74, 6) is 1.47. The van der Waals surface area contributed by atoms with Gasteiger partial charge in [0.15, 0.2) is 0 Å². The maximum absolute atomic E-state index is 10.3. The Morgan fingerprint density at radius 2 is 2.35 bits per heavy atom. The number of aliphatic hydroxyl groups is 1. The number of likely N-dealkylation sites (tertiary alicyclic amines) is 1. The third kappa shape index (κ3) is 2.69. The predicted molar refractivity (Wildman–Crippen MR) is 67.5 cm³/mol. The molecule has 1 N–H and O–H groups in total. The van der Waals surface area contributed by atoms with E-state index >= 15 is 0 Å². The summed E-state index contributed by atoms with van der Waals surface area (Å²) in [5, 5.41) is 10.3. The molecule has 0 spiro atoms. The van der Waals surface area contributed by atoms with Gasteiger partial charge >= 0.3 is 0 Å². The summed E-state index contributed by atoms with van der Waals surface area (Å²) in [6.07, 6.45) is 5.71. The van der Waals surface area contributed by atoms with Gasteiger partial charge < -0.3 is 9.67 Å². The molecule has 1 aromatic heterocycles. The van der Waals surface area contributed by atoms with Gasteiger partial charge in [-0.3, -0.25) is 4.90 Å². The zero-order valence-corrected chi connectivity index (χ0v) is 11.1. The third-order valence-corrected chi connectivity index (χ3v) is 4.07. The summed E-state index contributed by atoms with van der Waals surface area (Å²) in [4.78, 5) is 6.75. The van der Waals surface area contributed by atoms with Crippen molar-refractivity contribution in [2.24, 2.45) is 13.0 Å². The average Bonchev–Trinajstić information content (AvgIpc) is 2.67. The van der Waals surface area contributed by atoms with Gasteiger partial charge in [0, 0.05) is 32.5 Å². The molecule has 0 bridgehead atoms. The Morgan fingerprint density at radius 1 is 1.59 bits per heavy atom. The highest BCUT2D eigenvalue weighted by Gasteiger charge is 2.36. The Morgan fingerprint density at radius 3 is 2.94 bits per heavy atom. The Hall–Kier alpha value is -0.870. The Labute approximate surface area is 103 Å². The topological polar surface area (TPSA) is 41.3 Å². The molecule has 1 aromatic rings. The molecule has 0 radical (unpaired) electrons. The highest BCUT2D eigenvalue weighted by atomic mass is 16.3. The van der Waals surface area contributed by atoms with Crippen molar-refractivity contribution in [2.75, 3.05) is 13.1 Å². The van der Waals surface area contributed by atoms with Gasteiger partial charge in [0.25, 0.3) is 0 Å². The normalized spacial score (nSPS) is 30.7. The van der Waals surface area contributed by atoms with Crippen LogP contribution in [-0.2, 0) is 13.6 Å². The Kier molecular flexibility index (Phi) is 3.54. The van der Waals surface area contributed by atoms with Crippen LogP contribution in [-0.4, -0.2) is 38.2 Å². The zero-order chi connectivity index (χ0) is 12.5. The average molecular weight is 237 g/mol. The van der Waals surface area contributed by atoms with Crippen molar-refractivity contribution in [1.82, 2.24) is 14.5 Å². The first kappa shape index (κ1) is 12.6. The maximum Gasteiger partial charge on any atom is 0.122 e. The highest BCUT2D eigenvalue weighted by molar-refractivity contribution is 4.94. The van der Waals surface area contributed by atoms with Crippen LogP contribution in [0.4, 0.5) is 0 Å². The standard InChI is InChI=1S/C13H23N3O/c1-4-11-9-16(7-5-13(11,2)17)10-12-14-6-8-15(12)3/h6,8,11,17H,4-5,7,9-10H2,1-3H3/t11-,13+/m1/s1. The fraction of sp³-hybridized carbons (Fsp3) is 0.769. The Bertz CT molecular complexity index is 372. The van der Waals surface area contributed by atoms with E-state index < -0.39 is 5.60 Å². The minimum absolute atomic E-state index is 0.372. The lowest BCUT2D eigenvalue weighted by molar-refractivity contribution is -0.0613. The first-order chi connectivity index (χ1) is 8.03. The van der Waals surface area contributed by atoms with Crippen LogP contribution in [0, 0.1) is 5.92 Å². The van der Waals surface area contributed by atoms with Crippen molar-refractivity contribution in [3.05, 3.63) is 18.2 Å².